The van der Waals surface area contributed by atoms with E-state index in [0.717, 1.165) is 44.1 Å². The molecule has 2 aromatic heterocycles. The number of esters is 1. The number of carbonyl (C=O) groups is 1. The van der Waals surface area contributed by atoms with Crippen molar-refractivity contribution in [2.75, 3.05) is 13.7 Å². The minimum absolute atomic E-state index is 0.164. The first kappa shape index (κ1) is 17.8. The van der Waals surface area contributed by atoms with Crippen molar-refractivity contribution >= 4 is 27.5 Å². The van der Waals surface area contributed by atoms with Crippen LogP contribution in [0.25, 0.3) is 21.3 Å². The van der Waals surface area contributed by atoms with E-state index in [2.05, 4.69) is 23.2 Å². The fourth-order valence-electron chi connectivity index (χ4n) is 3.64. The number of benzene rings is 2. The van der Waals surface area contributed by atoms with Gasteiger partial charge in [0.05, 0.1) is 29.5 Å². The van der Waals surface area contributed by atoms with Gasteiger partial charge in [-0.25, -0.2) is 9.78 Å². The molecule has 0 N–H and O–H groups in total. The Labute approximate surface area is 172 Å². The first-order chi connectivity index (χ1) is 14.2. The SMILES string of the molecule is COC(=O)c1ccc2c(c1)CC(c1nc3ccc(-c4ccncc4)cc3s1)CO2. The Hall–Kier alpha value is -3.25. The fourth-order valence-corrected chi connectivity index (χ4v) is 4.73. The Bertz CT molecular complexity index is 1200. The van der Waals surface area contributed by atoms with E-state index in [4.69, 9.17) is 14.5 Å². The average Bonchev–Trinajstić information content (AvgIpc) is 3.22. The molecule has 0 aliphatic carbocycles. The summed E-state index contributed by atoms with van der Waals surface area (Å²) in [7, 11) is 1.39. The highest BCUT2D eigenvalue weighted by Gasteiger charge is 2.25. The lowest BCUT2D eigenvalue weighted by Gasteiger charge is -2.24. The van der Waals surface area contributed by atoms with E-state index in [1.807, 2.05) is 24.3 Å². The van der Waals surface area contributed by atoms with Crippen molar-refractivity contribution in [3.05, 3.63) is 77.1 Å². The summed E-state index contributed by atoms with van der Waals surface area (Å²) < 4.78 is 11.9. The number of fused-ring (bicyclic) bond motifs is 2. The molecule has 4 aromatic rings. The van der Waals surface area contributed by atoms with Gasteiger partial charge < -0.3 is 9.47 Å². The first-order valence-corrected chi connectivity index (χ1v) is 10.2. The van der Waals surface area contributed by atoms with Gasteiger partial charge in [0.25, 0.3) is 0 Å². The largest absolute Gasteiger partial charge is 0.493 e. The molecule has 1 unspecified atom stereocenters. The van der Waals surface area contributed by atoms with Gasteiger partial charge in [-0.05, 0) is 65.6 Å². The number of hydrogen-bond acceptors (Lipinski definition) is 6. The number of thiazole rings is 1. The van der Waals surface area contributed by atoms with Gasteiger partial charge in [0.2, 0.25) is 0 Å². The van der Waals surface area contributed by atoms with E-state index in [0.29, 0.717) is 12.2 Å². The molecular weight excluding hydrogens is 384 g/mol. The van der Waals surface area contributed by atoms with E-state index in [-0.39, 0.29) is 11.9 Å². The zero-order valence-corrected chi connectivity index (χ0v) is 16.6. The number of nitrogens with zero attached hydrogens (tertiary/aromatic N) is 2. The molecule has 29 heavy (non-hydrogen) atoms. The summed E-state index contributed by atoms with van der Waals surface area (Å²) in [6.07, 6.45) is 4.39. The molecule has 3 heterocycles. The van der Waals surface area contributed by atoms with Gasteiger partial charge in [0, 0.05) is 18.3 Å². The summed E-state index contributed by atoms with van der Waals surface area (Å²) >= 11 is 1.70. The molecule has 1 atom stereocenters. The predicted molar refractivity (Wildman–Crippen MR) is 113 cm³/mol. The fraction of sp³-hybridized carbons (Fsp3) is 0.174. The molecule has 1 aliphatic heterocycles. The van der Waals surface area contributed by atoms with Crippen LogP contribution >= 0.6 is 11.3 Å². The molecule has 0 spiro atoms. The smallest absolute Gasteiger partial charge is 0.337 e. The summed E-state index contributed by atoms with van der Waals surface area (Å²) in [6.45, 7) is 0.585. The van der Waals surface area contributed by atoms with Crippen molar-refractivity contribution in [3.63, 3.8) is 0 Å². The minimum Gasteiger partial charge on any atom is -0.493 e. The van der Waals surface area contributed by atoms with Gasteiger partial charge in [-0.15, -0.1) is 11.3 Å². The van der Waals surface area contributed by atoms with Gasteiger partial charge in [0.15, 0.2) is 0 Å². The number of aromatic nitrogens is 2. The van der Waals surface area contributed by atoms with Crippen molar-refractivity contribution in [1.82, 2.24) is 9.97 Å². The first-order valence-electron chi connectivity index (χ1n) is 9.36. The van der Waals surface area contributed by atoms with Crippen LogP contribution in [-0.4, -0.2) is 29.7 Å². The van der Waals surface area contributed by atoms with Gasteiger partial charge in [-0.2, -0.15) is 0 Å². The molecule has 144 valence electrons. The summed E-state index contributed by atoms with van der Waals surface area (Å²) in [4.78, 5) is 20.8. The molecule has 2 aromatic carbocycles. The van der Waals surface area contributed by atoms with Gasteiger partial charge >= 0.3 is 5.97 Å². The third-order valence-corrected chi connectivity index (χ3v) is 6.34. The lowest BCUT2D eigenvalue weighted by Crippen LogP contribution is -2.19. The molecule has 0 saturated carbocycles. The zero-order chi connectivity index (χ0) is 19.8. The number of rotatable bonds is 3. The van der Waals surface area contributed by atoms with E-state index < -0.39 is 0 Å². The molecule has 5 nitrogen and oxygen atoms in total. The van der Waals surface area contributed by atoms with Crippen LogP contribution in [0.2, 0.25) is 0 Å². The second-order valence-electron chi connectivity index (χ2n) is 7.00. The van der Waals surface area contributed by atoms with Crippen LogP contribution in [0.3, 0.4) is 0 Å². The maximum Gasteiger partial charge on any atom is 0.337 e. The Balaban J connectivity index is 1.45. The lowest BCUT2D eigenvalue weighted by molar-refractivity contribution is 0.0600. The molecule has 1 aliphatic rings. The number of methoxy groups -OCH3 is 1. The van der Waals surface area contributed by atoms with Crippen LogP contribution < -0.4 is 4.74 Å². The van der Waals surface area contributed by atoms with Gasteiger partial charge in [-0.3, -0.25) is 4.98 Å². The van der Waals surface area contributed by atoms with Crippen LogP contribution in [0.15, 0.2) is 60.9 Å². The highest BCUT2D eigenvalue weighted by molar-refractivity contribution is 7.18. The lowest BCUT2D eigenvalue weighted by atomic mass is 9.95. The Kier molecular flexibility index (Phi) is 4.48. The van der Waals surface area contributed by atoms with Gasteiger partial charge in [-0.1, -0.05) is 6.07 Å². The monoisotopic (exact) mass is 402 g/mol. The number of pyridine rings is 1. The molecule has 6 heteroatoms. The highest BCUT2D eigenvalue weighted by atomic mass is 32.1. The molecule has 0 fully saturated rings. The average molecular weight is 402 g/mol. The zero-order valence-electron chi connectivity index (χ0n) is 15.8. The molecular formula is C23H18N2O3S. The summed E-state index contributed by atoms with van der Waals surface area (Å²) in [5.41, 5.74) is 4.85. The second-order valence-corrected chi connectivity index (χ2v) is 8.06. The van der Waals surface area contributed by atoms with Crippen molar-refractivity contribution < 1.29 is 14.3 Å². The maximum atomic E-state index is 11.8. The molecule has 0 radical (unpaired) electrons. The van der Waals surface area contributed by atoms with Crippen molar-refractivity contribution in [2.24, 2.45) is 0 Å². The van der Waals surface area contributed by atoms with Crippen LogP contribution in [0.1, 0.15) is 26.8 Å². The molecule has 5 rings (SSSR count). The minimum atomic E-state index is -0.335. The highest BCUT2D eigenvalue weighted by Crippen LogP contribution is 2.37. The van der Waals surface area contributed by atoms with E-state index in [9.17, 15) is 4.79 Å². The third-order valence-electron chi connectivity index (χ3n) is 5.16. The maximum absolute atomic E-state index is 11.8. The summed E-state index contributed by atoms with van der Waals surface area (Å²) in [5.74, 6) is 0.658. The van der Waals surface area contributed by atoms with Gasteiger partial charge in [0.1, 0.15) is 10.8 Å². The summed E-state index contributed by atoms with van der Waals surface area (Å²) in [5, 5.41) is 1.06. The van der Waals surface area contributed by atoms with Crippen LogP contribution in [-0.2, 0) is 11.2 Å². The van der Waals surface area contributed by atoms with E-state index in [1.54, 1.807) is 29.8 Å². The van der Waals surface area contributed by atoms with Crippen molar-refractivity contribution in [1.29, 1.82) is 0 Å². The topological polar surface area (TPSA) is 61.3 Å². The normalized spacial score (nSPS) is 15.6. The standard InChI is InChI=1S/C23H18N2O3S/c1-27-23(26)16-3-5-20-17(10-16)11-18(13-28-20)22-25-19-4-2-15(12-21(19)29-22)14-6-8-24-9-7-14/h2-10,12,18H,11,13H2,1H3. The number of carbonyl (C=O) groups excluding carboxylic acids is 1. The Morgan fingerprint density at radius 2 is 1.97 bits per heavy atom. The molecule has 0 bridgehead atoms. The molecule has 0 saturated heterocycles. The van der Waals surface area contributed by atoms with E-state index in [1.165, 1.54) is 7.11 Å². The predicted octanol–water partition coefficient (Wildman–Crippen LogP) is 4.86. The van der Waals surface area contributed by atoms with E-state index >= 15 is 0 Å². The Morgan fingerprint density at radius 1 is 1.10 bits per heavy atom. The molecule has 0 amide bonds. The second kappa shape index (κ2) is 7.29. The van der Waals surface area contributed by atoms with Crippen LogP contribution in [0.5, 0.6) is 5.75 Å². The quantitative estimate of drug-likeness (QED) is 0.458. The van der Waals surface area contributed by atoms with Crippen molar-refractivity contribution in [2.45, 2.75) is 12.3 Å². The van der Waals surface area contributed by atoms with Crippen LogP contribution in [0, 0.1) is 0 Å². The third kappa shape index (κ3) is 3.36. The summed E-state index contributed by atoms with van der Waals surface area (Å²) in [6, 6.07) is 15.8. The number of ether oxygens (including phenoxy) is 2. The Morgan fingerprint density at radius 3 is 2.79 bits per heavy atom. The van der Waals surface area contributed by atoms with Crippen LogP contribution in [0.4, 0.5) is 0 Å². The van der Waals surface area contributed by atoms with Crippen molar-refractivity contribution in [3.8, 4) is 16.9 Å². The number of hydrogen-bond donors (Lipinski definition) is 0.